The third kappa shape index (κ3) is 2.91. The van der Waals surface area contributed by atoms with Gasteiger partial charge in [0.2, 0.25) is 0 Å². The first-order chi connectivity index (χ1) is 8.29. The van der Waals surface area contributed by atoms with Gasteiger partial charge in [-0.15, -0.1) is 0 Å². The molecule has 86 valence electrons. The molecule has 0 saturated heterocycles. The van der Waals surface area contributed by atoms with Gasteiger partial charge in [-0.3, -0.25) is 4.98 Å². The molecule has 0 radical (unpaired) electrons. The Hall–Kier alpha value is -2.16. The molecule has 2 aromatic rings. The van der Waals surface area contributed by atoms with Gasteiger partial charge in [-0.2, -0.15) is 0 Å². The molecule has 0 fully saturated rings. The van der Waals surface area contributed by atoms with E-state index in [-0.39, 0.29) is 6.42 Å². The predicted octanol–water partition coefficient (Wildman–Crippen LogP) is 3.66. The second-order valence-electron chi connectivity index (χ2n) is 3.69. The van der Waals surface area contributed by atoms with Crippen LogP contribution in [0.3, 0.4) is 0 Å². The van der Waals surface area contributed by atoms with Gasteiger partial charge in [-0.05, 0) is 22.8 Å². The van der Waals surface area contributed by atoms with Gasteiger partial charge in [0.05, 0.1) is 0 Å². The zero-order chi connectivity index (χ0) is 12.1. The first-order valence-electron chi connectivity index (χ1n) is 5.27. The summed E-state index contributed by atoms with van der Waals surface area (Å²) < 4.78 is 12.8. The topological polar surface area (TPSA) is 33.1 Å². The highest BCUT2D eigenvalue weighted by atomic mass is 19.1. The largest absolute Gasteiger partial charge is 0.513 e. The molecule has 0 aliphatic heterocycles. The lowest BCUT2D eigenvalue weighted by molar-refractivity contribution is 0.435. The smallest absolute Gasteiger partial charge is 0.138 e. The molecule has 3 heteroatoms. The van der Waals surface area contributed by atoms with E-state index in [1.807, 2.05) is 36.4 Å². The molecule has 2 nitrogen and oxygen atoms in total. The van der Waals surface area contributed by atoms with Crippen molar-refractivity contribution >= 4 is 0 Å². The monoisotopic (exact) mass is 229 g/mol. The molecule has 0 saturated carbocycles. The first-order valence-corrected chi connectivity index (χ1v) is 5.27. The maximum atomic E-state index is 12.8. The molecular weight excluding hydrogens is 217 g/mol. The number of aliphatic hydroxyl groups is 1. The van der Waals surface area contributed by atoms with E-state index in [1.54, 1.807) is 12.4 Å². The number of pyridine rings is 1. The highest BCUT2D eigenvalue weighted by Gasteiger charge is 2.00. The van der Waals surface area contributed by atoms with E-state index in [2.05, 4.69) is 4.98 Å². The van der Waals surface area contributed by atoms with E-state index in [9.17, 15) is 4.39 Å². The summed E-state index contributed by atoms with van der Waals surface area (Å²) >= 11 is 0. The van der Waals surface area contributed by atoms with Crippen LogP contribution < -0.4 is 0 Å². The number of hydrogen-bond acceptors (Lipinski definition) is 2. The number of benzene rings is 1. The summed E-state index contributed by atoms with van der Waals surface area (Å²) in [5, 5.41) is 8.48. The second kappa shape index (κ2) is 5.25. The van der Waals surface area contributed by atoms with Crippen LogP contribution in [-0.2, 0) is 6.42 Å². The van der Waals surface area contributed by atoms with Crippen LogP contribution in [0.25, 0.3) is 11.1 Å². The Morgan fingerprint density at radius 2 is 1.94 bits per heavy atom. The number of halogens is 1. The van der Waals surface area contributed by atoms with Crippen molar-refractivity contribution in [3.63, 3.8) is 0 Å². The zero-order valence-electron chi connectivity index (χ0n) is 9.18. The fraction of sp³-hybridized carbons (Fsp3) is 0.0714. The molecule has 0 unspecified atom stereocenters. The van der Waals surface area contributed by atoms with Crippen molar-refractivity contribution in [3.8, 4) is 11.1 Å². The molecule has 1 aromatic carbocycles. The highest BCUT2D eigenvalue weighted by Crippen LogP contribution is 2.19. The van der Waals surface area contributed by atoms with Crippen LogP contribution in [0.15, 0.2) is 60.9 Å². The quantitative estimate of drug-likeness (QED) is 0.815. The number of hydrogen-bond donors (Lipinski definition) is 1. The molecule has 0 aliphatic rings. The van der Waals surface area contributed by atoms with Crippen molar-refractivity contribution in [1.82, 2.24) is 4.98 Å². The Morgan fingerprint density at radius 1 is 1.18 bits per heavy atom. The van der Waals surface area contributed by atoms with Gasteiger partial charge in [0, 0.05) is 18.8 Å². The van der Waals surface area contributed by atoms with Crippen molar-refractivity contribution in [2.45, 2.75) is 6.42 Å². The van der Waals surface area contributed by atoms with Crippen LogP contribution in [0.2, 0.25) is 0 Å². The third-order valence-corrected chi connectivity index (χ3v) is 2.46. The molecule has 1 aromatic heterocycles. The molecule has 0 atom stereocenters. The molecule has 0 spiro atoms. The maximum Gasteiger partial charge on any atom is 0.138 e. The lowest BCUT2D eigenvalue weighted by Gasteiger charge is -2.03. The minimum absolute atomic E-state index is 0.115. The van der Waals surface area contributed by atoms with Crippen LogP contribution in [0.1, 0.15) is 5.56 Å². The molecule has 2 rings (SSSR count). The Bertz CT molecular complexity index is 506. The fourth-order valence-corrected chi connectivity index (χ4v) is 1.59. The van der Waals surface area contributed by atoms with Gasteiger partial charge >= 0.3 is 0 Å². The number of aliphatic hydroxyl groups excluding tert-OH is 1. The molecule has 1 N–H and O–H groups in total. The summed E-state index contributed by atoms with van der Waals surface area (Å²) in [6.07, 6.45) is 4.11. The van der Waals surface area contributed by atoms with Gasteiger partial charge < -0.3 is 5.11 Å². The minimum atomic E-state index is -0.542. The summed E-state index contributed by atoms with van der Waals surface area (Å²) in [5.41, 5.74) is 2.88. The molecule has 1 heterocycles. The first kappa shape index (κ1) is 11.3. The molecule has 0 amide bonds. The standard InChI is InChI=1S/C14H12FNO/c15-14(10-17)8-11-3-5-12(6-4-11)13-2-1-7-16-9-13/h1-7,9-10,17H,8H2/b14-10-. The average Bonchev–Trinajstić information content (AvgIpc) is 2.40. The van der Waals surface area contributed by atoms with Crippen molar-refractivity contribution in [1.29, 1.82) is 0 Å². The normalized spacial score (nSPS) is 11.5. The van der Waals surface area contributed by atoms with Crippen LogP contribution in [-0.4, -0.2) is 10.1 Å². The predicted molar refractivity (Wildman–Crippen MR) is 65.2 cm³/mol. The van der Waals surface area contributed by atoms with Gasteiger partial charge in [0.25, 0.3) is 0 Å². The Kier molecular flexibility index (Phi) is 3.50. The SMILES string of the molecule is O/C=C(\F)Cc1ccc(-c2cccnc2)cc1. The average molecular weight is 229 g/mol. The lowest BCUT2D eigenvalue weighted by atomic mass is 10.0. The van der Waals surface area contributed by atoms with E-state index in [0.29, 0.717) is 6.26 Å². The lowest BCUT2D eigenvalue weighted by Crippen LogP contribution is -1.86. The summed E-state index contributed by atoms with van der Waals surface area (Å²) in [4.78, 5) is 4.04. The highest BCUT2D eigenvalue weighted by molar-refractivity contribution is 5.62. The molecular formula is C14H12FNO. The van der Waals surface area contributed by atoms with Crippen LogP contribution in [0.5, 0.6) is 0 Å². The number of nitrogens with zero attached hydrogens (tertiary/aromatic N) is 1. The van der Waals surface area contributed by atoms with E-state index in [4.69, 9.17) is 5.11 Å². The number of aromatic nitrogens is 1. The summed E-state index contributed by atoms with van der Waals surface area (Å²) in [6.45, 7) is 0. The molecule has 0 bridgehead atoms. The van der Waals surface area contributed by atoms with Crippen molar-refractivity contribution < 1.29 is 9.50 Å². The zero-order valence-corrected chi connectivity index (χ0v) is 9.18. The van der Waals surface area contributed by atoms with Gasteiger partial charge in [0.1, 0.15) is 12.1 Å². The number of rotatable bonds is 3. The van der Waals surface area contributed by atoms with E-state index in [0.717, 1.165) is 16.7 Å². The summed E-state index contributed by atoms with van der Waals surface area (Å²) in [5.74, 6) is -0.542. The van der Waals surface area contributed by atoms with Crippen LogP contribution >= 0.6 is 0 Å². The Labute approximate surface area is 99.1 Å². The van der Waals surface area contributed by atoms with Gasteiger partial charge in [-0.1, -0.05) is 30.3 Å². The van der Waals surface area contributed by atoms with Crippen molar-refractivity contribution in [2.24, 2.45) is 0 Å². The minimum Gasteiger partial charge on any atom is -0.513 e. The van der Waals surface area contributed by atoms with E-state index in [1.165, 1.54) is 0 Å². The maximum absolute atomic E-state index is 12.8. The van der Waals surface area contributed by atoms with Crippen LogP contribution in [0.4, 0.5) is 4.39 Å². The molecule has 0 aliphatic carbocycles. The van der Waals surface area contributed by atoms with E-state index < -0.39 is 5.83 Å². The van der Waals surface area contributed by atoms with E-state index >= 15 is 0 Å². The second-order valence-corrected chi connectivity index (χ2v) is 3.69. The Morgan fingerprint density at radius 3 is 2.53 bits per heavy atom. The Balaban J connectivity index is 2.19. The molecule has 17 heavy (non-hydrogen) atoms. The third-order valence-electron chi connectivity index (χ3n) is 2.46. The summed E-state index contributed by atoms with van der Waals surface area (Å²) in [7, 11) is 0. The number of allylic oxidation sites excluding steroid dienone is 1. The van der Waals surface area contributed by atoms with Gasteiger partial charge in [-0.25, -0.2) is 4.39 Å². The summed E-state index contributed by atoms with van der Waals surface area (Å²) in [6, 6.07) is 11.3. The van der Waals surface area contributed by atoms with Crippen LogP contribution in [0, 0.1) is 0 Å². The van der Waals surface area contributed by atoms with Crippen molar-refractivity contribution in [2.75, 3.05) is 0 Å². The fourth-order valence-electron chi connectivity index (χ4n) is 1.59. The van der Waals surface area contributed by atoms with Crippen molar-refractivity contribution in [3.05, 3.63) is 66.4 Å². The van der Waals surface area contributed by atoms with Gasteiger partial charge in [0.15, 0.2) is 0 Å².